The molecule has 1 saturated heterocycles. The summed E-state index contributed by atoms with van der Waals surface area (Å²) in [6, 6.07) is 0. The van der Waals surface area contributed by atoms with Crippen molar-refractivity contribution in [3.63, 3.8) is 0 Å². The number of hydrogen-bond acceptors (Lipinski definition) is 4. The van der Waals surface area contributed by atoms with Crippen molar-refractivity contribution in [1.29, 1.82) is 0 Å². The largest absolute Gasteiger partial charge is 0.381 e. The fraction of sp³-hybridized carbons (Fsp3) is 0.818. The molecule has 0 radical (unpaired) electrons. The second-order valence-corrected chi connectivity index (χ2v) is 4.66. The van der Waals surface area contributed by atoms with Gasteiger partial charge in [-0.3, -0.25) is 0 Å². The maximum Gasteiger partial charge on any atom is 0.229 e. The zero-order valence-corrected chi connectivity index (χ0v) is 10.2. The summed E-state index contributed by atoms with van der Waals surface area (Å²) in [5, 5.41) is 3.83. The molecule has 0 N–H and O–H groups in total. The number of ether oxygens (including phenoxy) is 1. The first-order chi connectivity index (χ1) is 7.81. The van der Waals surface area contributed by atoms with Gasteiger partial charge in [0.1, 0.15) is 0 Å². The van der Waals surface area contributed by atoms with Crippen LogP contribution in [0.4, 0.5) is 0 Å². The van der Waals surface area contributed by atoms with Gasteiger partial charge in [0.15, 0.2) is 5.82 Å². The van der Waals surface area contributed by atoms with E-state index in [1.165, 1.54) is 0 Å². The maximum atomic E-state index is 6.15. The Hall–Kier alpha value is -0.610. The third-order valence-electron chi connectivity index (χ3n) is 2.85. The Morgan fingerprint density at radius 1 is 1.44 bits per heavy atom. The zero-order chi connectivity index (χ0) is 11.4. The van der Waals surface area contributed by atoms with E-state index in [1.54, 1.807) is 0 Å². The molecule has 0 spiro atoms. The number of rotatable bonds is 4. The third kappa shape index (κ3) is 2.74. The van der Waals surface area contributed by atoms with Crippen molar-refractivity contribution in [2.24, 2.45) is 0 Å². The lowest BCUT2D eigenvalue weighted by Crippen LogP contribution is -2.14. The SMILES string of the molecule is CCCC(Cl)c1noc(C2CCOCC2)n1. The van der Waals surface area contributed by atoms with Crippen LogP contribution in [0, 0.1) is 0 Å². The Kier molecular flexibility index (Phi) is 4.18. The van der Waals surface area contributed by atoms with Crippen molar-refractivity contribution in [3.8, 4) is 0 Å². The highest BCUT2D eigenvalue weighted by Crippen LogP contribution is 2.28. The molecule has 0 amide bonds. The summed E-state index contributed by atoms with van der Waals surface area (Å²) >= 11 is 6.15. The van der Waals surface area contributed by atoms with Crippen molar-refractivity contribution in [2.45, 2.75) is 43.9 Å². The number of alkyl halides is 1. The molecule has 16 heavy (non-hydrogen) atoms. The van der Waals surface area contributed by atoms with Crippen molar-refractivity contribution in [2.75, 3.05) is 13.2 Å². The van der Waals surface area contributed by atoms with E-state index < -0.39 is 0 Å². The molecule has 0 saturated carbocycles. The fourth-order valence-electron chi connectivity index (χ4n) is 1.87. The van der Waals surface area contributed by atoms with Crippen LogP contribution >= 0.6 is 11.6 Å². The molecule has 0 bridgehead atoms. The predicted octanol–water partition coefficient (Wildman–Crippen LogP) is 3.04. The van der Waals surface area contributed by atoms with Crippen LogP contribution in [0.2, 0.25) is 0 Å². The topological polar surface area (TPSA) is 48.2 Å². The van der Waals surface area contributed by atoms with Crippen LogP contribution in [-0.2, 0) is 4.74 Å². The first-order valence-electron chi connectivity index (χ1n) is 5.86. The van der Waals surface area contributed by atoms with Gasteiger partial charge >= 0.3 is 0 Å². The van der Waals surface area contributed by atoms with Gasteiger partial charge in [-0.1, -0.05) is 18.5 Å². The molecule has 4 nitrogen and oxygen atoms in total. The zero-order valence-electron chi connectivity index (χ0n) is 9.49. The summed E-state index contributed by atoms with van der Waals surface area (Å²) in [6.45, 7) is 3.65. The highest BCUT2D eigenvalue weighted by molar-refractivity contribution is 6.20. The lowest BCUT2D eigenvalue weighted by Gasteiger charge is -2.17. The van der Waals surface area contributed by atoms with Gasteiger partial charge in [-0.15, -0.1) is 11.6 Å². The summed E-state index contributed by atoms with van der Waals surface area (Å²) < 4.78 is 10.6. The Morgan fingerprint density at radius 2 is 2.19 bits per heavy atom. The van der Waals surface area contributed by atoms with E-state index in [4.69, 9.17) is 20.9 Å². The maximum absolute atomic E-state index is 6.15. The Balaban J connectivity index is 2.00. The van der Waals surface area contributed by atoms with Crippen LogP contribution in [0.1, 0.15) is 55.6 Å². The van der Waals surface area contributed by atoms with Gasteiger partial charge in [0.2, 0.25) is 5.89 Å². The molecule has 2 heterocycles. The number of nitrogens with zero attached hydrogens (tertiary/aromatic N) is 2. The van der Waals surface area contributed by atoms with E-state index in [0.29, 0.717) is 11.7 Å². The van der Waals surface area contributed by atoms with Crippen molar-refractivity contribution < 1.29 is 9.26 Å². The fourth-order valence-corrected chi connectivity index (χ4v) is 2.17. The molecule has 1 fully saturated rings. The molecule has 1 unspecified atom stereocenters. The normalized spacial score (nSPS) is 19.9. The summed E-state index contributed by atoms with van der Waals surface area (Å²) in [5.41, 5.74) is 0. The van der Waals surface area contributed by atoms with Gasteiger partial charge in [0, 0.05) is 19.1 Å². The van der Waals surface area contributed by atoms with Crippen LogP contribution in [0.25, 0.3) is 0 Å². The molecule has 1 aromatic rings. The van der Waals surface area contributed by atoms with Crippen LogP contribution in [0.15, 0.2) is 4.52 Å². The average Bonchev–Trinajstić information content (AvgIpc) is 2.80. The van der Waals surface area contributed by atoms with Gasteiger partial charge in [0.25, 0.3) is 0 Å². The number of aromatic nitrogens is 2. The van der Waals surface area contributed by atoms with Gasteiger partial charge in [-0.05, 0) is 19.3 Å². The summed E-state index contributed by atoms with van der Waals surface area (Å²) in [4.78, 5) is 4.39. The molecule has 0 aliphatic carbocycles. The van der Waals surface area contributed by atoms with E-state index in [0.717, 1.165) is 44.8 Å². The summed E-state index contributed by atoms with van der Waals surface area (Å²) in [5.74, 6) is 1.70. The van der Waals surface area contributed by atoms with Gasteiger partial charge in [0.05, 0.1) is 5.38 Å². The number of halogens is 1. The van der Waals surface area contributed by atoms with Crippen LogP contribution < -0.4 is 0 Å². The van der Waals surface area contributed by atoms with E-state index in [2.05, 4.69) is 17.1 Å². The van der Waals surface area contributed by atoms with Crippen molar-refractivity contribution >= 4 is 11.6 Å². The second-order valence-electron chi connectivity index (χ2n) is 4.13. The lowest BCUT2D eigenvalue weighted by molar-refractivity contribution is 0.0778. The molecule has 0 aromatic carbocycles. The predicted molar refractivity (Wildman–Crippen MR) is 60.6 cm³/mol. The highest BCUT2D eigenvalue weighted by Gasteiger charge is 2.23. The molecule has 1 aromatic heterocycles. The summed E-state index contributed by atoms with van der Waals surface area (Å²) in [7, 11) is 0. The minimum Gasteiger partial charge on any atom is -0.381 e. The molecular formula is C11H17ClN2O2. The smallest absolute Gasteiger partial charge is 0.229 e. The van der Waals surface area contributed by atoms with Gasteiger partial charge < -0.3 is 9.26 Å². The Bertz CT molecular complexity index is 324. The molecule has 2 rings (SSSR count). The van der Waals surface area contributed by atoms with E-state index >= 15 is 0 Å². The van der Waals surface area contributed by atoms with Crippen molar-refractivity contribution in [1.82, 2.24) is 10.1 Å². The third-order valence-corrected chi connectivity index (χ3v) is 3.26. The average molecular weight is 245 g/mol. The Labute approximate surface area is 100 Å². The minimum atomic E-state index is -0.123. The van der Waals surface area contributed by atoms with E-state index in [1.807, 2.05) is 0 Å². The highest BCUT2D eigenvalue weighted by atomic mass is 35.5. The molecule has 1 atom stereocenters. The molecular weight excluding hydrogens is 228 g/mol. The standard InChI is InChI=1S/C11H17ClN2O2/c1-2-3-9(12)10-13-11(16-14-10)8-4-6-15-7-5-8/h8-9H,2-7H2,1H3. The molecule has 1 aliphatic rings. The number of hydrogen-bond donors (Lipinski definition) is 0. The minimum absolute atomic E-state index is 0.123. The molecule has 1 aliphatic heterocycles. The first-order valence-corrected chi connectivity index (χ1v) is 6.30. The first kappa shape index (κ1) is 11.9. The molecule has 90 valence electrons. The van der Waals surface area contributed by atoms with E-state index in [-0.39, 0.29) is 5.38 Å². The lowest BCUT2D eigenvalue weighted by atomic mass is 10.0. The van der Waals surface area contributed by atoms with Crippen molar-refractivity contribution in [3.05, 3.63) is 11.7 Å². The van der Waals surface area contributed by atoms with Crippen LogP contribution in [0.3, 0.4) is 0 Å². The quantitative estimate of drug-likeness (QED) is 0.764. The van der Waals surface area contributed by atoms with Gasteiger partial charge in [-0.25, -0.2) is 0 Å². The monoisotopic (exact) mass is 244 g/mol. The van der Waals surface area contributed by atoms with Crippen LogP contribution in [0.5, 0.6) is 0 Å². The van der Waals surface area contributed by atoms with Gasteiger partial charge in [-0.2, -0.15) is 4.98 Å². The van der Waals surface area contributed by atoms with E-state index in [9.17, 15) is 0 Å². The Morgan fingerprint density at radius 3 is 2.88 bits per heavy atom. The summed E-state index contributed by atoms with van der Waals surface area (Å²) in [6.07, 6.45) is 3.83. The second kappa shape index (κ2) is 5.64. The molecule has 5 heteroatoms. The van der Waals surface area contributed by atoms with Crippen LogP contribution in [-0.4, -0.2) is 23.4 Å².